The Kier molecular flexibility index (Phi) is 7.24. The Morgan fingerprint density at radius 3 is 2.43 bits per heavy atom. The van der Waals surface area contributed by atoms with Crippen LogP contribution in [0.5, 0.6) is 0 Å². The van der Waals surface area contributed by atoms with Crippen molar-refractivity contribution < 1.29 is 9.59 Å². The van der Waals surface area contributed by atoms with Gasteiger partial charge in [-0.25, -0.2) is 0 Å². The van der Waals surface area contributed by atoms with E-state index in [1.807, 2.05) is 44.2 Å². The van der Waals surface area contributed by atoms with Crippen LogP contribution >= 0.6 is 0 Å². The molecular weight excluding hydrogens is 458 g/mol. The Morgan fingerprint density at radius 1 is 1.00 bits per heavy atom. The predicted octanol–water partition coefficient (Wildman–Crippen LogP) is 7.01. The third-order valence-electron chi connectivity index (χ3n) is 7.54. The number of rotatable bonds is 7. The van der Waals surface area contributed by atoms with Gasteiger partial charge in [-0.3, -0.25) is 14.5 Å². The molecule has 1 aliphatic heterocycles. The van der Waals surface area contributed by atoms with E-state index >= 15 is 0 Å². The predicted molar refractivity (Wildman–Crippen MR) is 151 cm³/mol. The molecule has 1 aromatic heterocycles. The highest BCUT2D eigenvalue weighted by atomic mass is 16.1. The Balaban J connectivity index is 1.25. The van der Waals surface area contributed by atoms with Crippen molar-refractivity contribution >= 4 is 28.3 Å². The van der Waals surface area contributed by atoms with Gasteiger partial charge in [0.15, 0.2) is 5.78 Å². The van der Waals surface area contributed by atoms with Crippen LogP contribution in [0.15, 0.2) is 72.9 Å². The summed E-state index contributed by atoms with van der Waals surface area (Å²) in [7, 11) is 0. The van der Waals surface area contributed by atoms with Gasteiger partial charge in [0.25, 0.3) is 0 Å². The maximum absolute atomic E-state index is 12.1. The number of para-hydroxylation sites is 1. The lowest BCUT2D eigenvalue weighted by atomic mass is 9.89. The van der Waals surface area contributed by atoms with Crippen LogP contribution in [-0.4, -0.2) is 34.7 Å². The maximum Gasteiger partial charge on any atom is 0.226 e. The van der Waals surface area contributed by atoms with Gasteiger partial charge >= 0.3 is 0 Å². The lowest BCUT2D eigenvalue weighted by Crippen LogP contribution is -2.32. The number of carbonyl (C=O) groups excluding carboxylic acids is 2. The summed E-state index contributed by atoms with van der Waals surface area (Å²) in [5.41, 5.74) is 7.66. The number of likely N-dealkylation sites (tertiary alicyclic amines) is 1. The minimum absolute atomic E-state index is 0.0280. The molecule has 2 heterocycles. The third-order valence-corrected chi connectivity index (χ3v) is 7.54. The summed E-state index contributed by atoms with van der Waals surface area (Å²) in [4.78, 5) is 29.8. The molecule has 0 saturated carbocycles. The Morgan fingerprint density at radius 2 is 1.73 bits per heavy atom. The fraction of sp³-hybridized carbons (Fsp3) is 0.312. The summed E-state index contributed by atoms with van der Waals surface area (Å²) in [6.45, 7) is 8.44. The van der Waals surface area contributed by atoms with E-state index in [0.717, 1.165) is 60.4 Å². The summed E-state index contributed by atoms with van der Waals surface area (Å²) in [5, 5.41) is 4.29. The smallest absolute Gasteiger partial charge is 0.226 e. The first-order valence-corrected chi connectivity index (χ1v) is 13.2. The van der Waals surface area contributed by atoms with Gasteiger partial charge in [-0.1, -0.05) is 68.4 Å². The highest BCUT2D eigenvalue weighted by Crippen LogP contribution is 2.33. The van der Waals surface area contributed by atoms with Crippen LogP contribution in [0.3, 0.4) is 0 Å². The number of fused-ring (bicyclic) bond motifs is 1. The number of H-pyrrole nitrogens is 1. The zero-order chi connectivity index (χ0) is 25.9. The Bertz CT molecular complexity index is 1410. The van der Waals surface area contributed by atoms with Crippen molar-refractivity contribution in [2.45, 2.75) is 46.1 Å². The molecule has 0 aliphatic carbocycles. The van der Waals surface area contributed by atoms with E-state index in [1.165, 1.54) is 16.5 Å². The fourth-order valence-electron chi connectivity index (χ4n) is 5.29. The molecule has 5 heteroatoms. The van der Waals surface area contributed by atoms with Gasteiger partial charge in [0.1, 0.15) is 0 Å². The zero-order valence-corrected chi connectivity index (χ0v) is 21.9. The number of piperidine rings is 1. The highest BCUT2D eigenvalue weighted by Gasteiger charge is 2.22. The number of amides is 1. The monoisotopic (exact) mass is 493 g/mol. The van der Waals surface area contributed by atoms with Gasteiger partial charge in [0.05, 0.1) is 5.52 Å². The van der Waals surface area contributed by atoms with Crippen molar-refractivity contribution in [2.24, 2.45) is 5.92 Å². The highest BCUT2D eigenvalue weighted by molar-refractivity contribution is 5.98. The second-order valence-electron chi connectivity index (χ2n) is 10.5. The van der Waals surface area contributed by atoms with Gasteiger partial charge in [-0.05, 0) is 67.6 Å². The Hall–Kier alpha value is -3.70. The van der Waals surface area contributed by atoms with E-state index in [-0.39, 0.29) is 17.6 Å². The van der Waals surface area contributed by atoms with Crippen LogP contribution in [-0.2, 0) is 11.3 Å². The number of nitrogens with zero attached hydrogens (tertiary/aromatic N) is 1. The number of benzene rings is 3. The first-order valence-electron chi connectivity index (χ1n) is 13.2. The fourth-order valence-corrected chi connectivity index (χ4v) is 5.29. The standard InChI is InChI=1S/C32H35N3O2/c1-21(2)32(37)34-28-7-4-6-26(18-28)24-14-16-35(17-15-24)20-27-19-33-31-29(8-5-9-30(27)31)25-12-10-23(11-13-25)22(3)36/h4-13,18-19,21,24,33H,14-17,20H2,1-3H3,(H,34,37). The van der Waals surface area contributed by atoms with Crippen LogP contribution in [0.4, 0.5) is 5.69 Å². The van der Waals surface area contributed by atoms with Crippen LogP contribution < -0.4 is 5.32 Å². The maximum atomic E-state index is 12.1. The van der Waals surface area contributed by atoms with Gasteiger partial charge in [0.2, 0.25) is 5.91 Å². The van der Waals surface area contributed by atoms with E-state index in [9.17, 15) is 9.59 Å². The minimum Gasteiger partial charge on any atom is -0.360 e. The third kappa shape index (κ3) is 5.52. The quantitative estimate of drug-likeness (QED) is 0.272. The zero-order valence-electron chi connectivity index (χ0n) is 21.9. The lowest BCUT2D eigenvalue weighted by molar-refractivity contribution is -0.118. The molecule has 1 fully saturated rings. The SMILES string of the molecule is CC(=O)c1ccc(-c2cccc3c(CN4CCC(c5cccc(NC(=O)C(C)C)c5)CC4)c[nH]c23)cc1. The molecule has 1 aliphatic rings. The summed E-state index contributed by atoms with van der Waals surface area (Å²) in [6, 6.07) is 22.7. The second kappa shape index (κ2) is 10.7. The Labute approximate surface area is 218 Å². The molecule has 0 atom stereocenters. The first kappa shape index (κ1) is 25.0. The molecule has 1 amide bonds. The number of Topliss-reactive ketones (excluding diaryl/α,β-unsaturated/α-hetero) is 1. The molecule has 5 rings (SSSR count). The first-order chi connectivity index (χ1) is 17.9. The summed E-state index contributed by atoms with van der Waals surface area (Å²) in [6.07, 6.45) is 4.36. The number of carbonyl (C=O) groups is 2. The van der Waals surface area contributed by atoms with Crippen LogP contribution in [0.1, 0.15) is 61.0 Å². The summed E-state index contributed by atoms with van der Waals surface area (Å²) < 4.78 is 0. The van der Waals surface area contributed by atoms with Crippen LogP contribution in [0, 0.1) is 5.92 Å². The van der Waals surface area contributed by atoms with E-state index in [1.54, 1.807) is 6.92 Å². The number of nitrogens with one attached hydrogen (secondary N) is 2. The van der Waals surface area contributed by atoms with E-state index in [4.69, 9.17) is 0 Å². The molecule has 4 aromatic rings. The van der Waals surface area contributed by atoms with E-state index in [0.29, 0.717) is 5.92 Å². The van der Waals surface area contributed by atoms with E-state index in [2.05, 4.69) is 57.8 Å². The van der Waals surface area contributed by atoms with E-state index < -0.39 is 0 Å². The van der Waals surface area contributed by atoms with Crippen molar-refractivity contribution in [1.82, 2.24) is 9.88 Å². The number of hydrogen-bond acceptors (Lipinski definition) is 3. The summed E-state index contributed by atoms with van der Waals surface area (Å²) in [5.74, 6) is 0.627. The lowest BCUT2D eigenvalue weighted by Gasteiger charge is -2.32. The molecule has 3 aromatic carbocycles. The second-order valence-corrected chi connectivity index (χ2v) is 10.5. The molecule has 0 radical (unpaired) electrons. The van der Waals surface area contributed by atoms with Crippen LogP contribution in [0.2, 0.25) is 0 Å². The molecule has 0 spiro atoms. The summed E-state index contributed by atoms with van der Waals surface area (Å²) >= 11 is 0. The van der Waals surface area contributed by atoms with Crippen molar-refractivity contribution in [3.63, 3.8) is 0 Å². The molecule has 2 N–H and O–H groups in total. The average molecular weight is 494 g/mol. The molecule has 190 valence electrons. The van der Waals surface area contributed by atoms with Gasteiger partial charge in [0, 0.05) is 40.9 Å². The van der Waals surface area contributed by atoms with Gasteiger partial charge in [-0.2, -0.15) is 0 Å². The molecule has 0 unspecified atom stereocenters. The van der Waals surface area contributed by atoms with Crippen molar-refractivity contribution in [1.29, 1.82) is 0 Å². The van der Waals surface area contributed by atoms with Crippen molar-refractivity contribution in [3.05, 3.63) is 89.6 Å². The topological polar surface area (TPSA) is 65.2 Å². The number of aromatic amines is 1. The number of ketones is 1. The van der Waals surface area contributed by atoms with Crippen molar-refractivity contribution in [3.8, 4) is 11.1 Å². The van der Waals surface area contributed by atoms with Gasteiger partial charge < -0.3 is 10.3 Å². The van der Waals surface area contributed by atoms with Crippen LogP contribution in [0.25, 0.3) is 22.0 Å². The number of hydrogen-bond donors (Lipinski definition) is 2. The molecule has 1 saturated heterocycles. The minimum atomic E-state index is -0.0280. The molecule has 37 heavy (non-hydrogen) atoms. The number of aromatic nitrogens is 1. The van der Waals surface area contributed by atoms with Crippen molar-refractivity contribution in [2.75, 3.05) is 18.4 Å². The van der Waals surface area contributed by atoms with Gasteiger partial charge in [-0.15, -0.1) is 0 Å². The molecule has 5 nitrogen and oxygen atoms in total. The average Bonchev–Trinajstić information content (AvgIpc) is 3.32. The number of anilines is 1. The molecule has 0 bridgehead atoms. The molecular formula is C32H35N3O2. The largest absolute Gasteiger partial charge is 0.360 e. The normalized spacial score (nSPS) is 14.8.